The Hall–Kier alpha value is -0.0300. The lowest BCUT2D eigenvalue weighted by atomic mass is 10.1. The summed E-state index contributed by atoms with van der Waals surface area (Å²) in [6, 6.07) is 2.93. The molecule has 72 valence electrons. The first-order valence-corrected chi connectivity index (χ1v) is 5.31. The minimum atomic E-state index is 0.0335. The largest absolute Gasteiger partial charge is 0.332 e. The first kappa shape index (κ1) is 11.0. The average molecular weight is 239 g/mol. The predicted octanol–water partition coefficient (Wildman–Crippen LogP) is 3.32. The van der Waals surface area contributed by atoms with E-state index in [0.29, 0.717) is 0 Å². The van der Waals surface area contributed by atoms with Crippen molar-refractivity contribution in [1.82, 2.24) is 4.90 Å². The minimum Gasteiger partial charge on any atom is -0.332 e. The SMILES string of the molecule is ClC(Cl)=C(Cl)C#CN1CCCCC1. The summed E-state index contributed by atoms with van der Waals surface area (Å²) in [4.78, 5) is 2.04. The van der Waals surface area contributed by atoms with E-state index in [4.69, 9.17) is 34.8 Å². The molecular weight excluding hydrogens is 228 g/mol. The second kappa shape index (κ2) is 5.65. The second-order valence-corrected chi connectivity index (χ2v) is 4.19. The molecule has 0 atom stereocenters. The number of likely N-dealkylation sites (tertiary alicyclic amines) is 1. The molecule has 1 aliphatic rings. The van der Waals surface area contributed by atoms with E-state index in [1.54, 1.807) is 0 Å². The normalized spacial score (nSPS) is 16.1. The molecule has 0 aromatic carbocycles. The van der Waals surface area contributed by atoms with Gasteiger partial charge in [-0.15, -0.1) is 0 Å². The van der Waals surface area contributed by atoms with Gasteiger partial charge in [-0.3, -0.25) is 0 Å². The fourth-order valence-electron chi connectivity index (χ4n) is 1.18. The Morgan fingerprint density at radius 1 is 1.00 bits per heavy atom. The highest BCUT2D eigenvalue weighted by Gasteiger charge is 2.05. The summed E-state index contributed by atoms with van der Waals surface area (Å²) in [5.41, 5.74) is 0. The highest BCUT2D eigenvalue weighted by Crippen LogP contribution is 2.16. The third kappa shape index (κ3) is 4.13. The average Bonchev–Trinajstić information content (AvgIpc) is 2.15. The van der Waals surface area contributed by atoms with Gasteiger partial charge in [0.05, 0.1) is 0 Å². The number of halogens is 3. The van der Waals surface area contributed by atoms with Crippen LogP contribution < -0.4 is 0 Å². The molecule has 0 spiro atoms. The van der Waals surface area contributed by atoms with Crippen molar-refractivity contribution in [3.63, 3.8) is 0 Å². The van der Waals surface area contributed by atoms with E-state index in [2.05, 4.69) is 12.0 Å². The van der Waals surface area contributed by atoms with Crippen molar-refractivity contribution in [3.8, 4) is 12.0 Å². The zero-order chi connectivity index (χ0) is 9.68. The van der Waals surface area contributed by atoms with Crippen LogP contribution in [0, 0.1) is 12.0 Å². The summed E-state index contributed by atoms with van der Waals surface area (Å²) >= 11 is 16.5. The van der Waals surface area contributed by atoms with Crippen molar-refractivity contribution < 1.29 is 0 Å². The van der Waals surface area contributed by atoms with E-state index in [9.17, 15) is 0 Å². The van der Waals surface area contributed by atoms with Gasteiger partial charge in [0.2, 0.25) is 0 Å². The summed E-state index contributed by atoms with van der Waals surface area (Å²) in [6.45, 7) is 2.02. The molecule has 0 bridgehead atoms. The third-order valence-electron chi connectivity index (χ3n) is 1.85. The van der Waals surface area contributed by atoms with Crippen molar-refractivity contribution in [1.29, 1.82) is 0 Å². The van der Waals surface area contributed by atoms with Gasteiger partial charge in [-0.05, 0) is 25.2 Å². The Morgan fingerprint density at radius 3 is 2.15 bits per heavy atom. The van der Waals surface area contributed by atoms with Crippen molar-refractivity contribution in [2.75, 3.05) is 13.1 Å². The fourth-order valence-corrected chi connectivity index (χ4v) is 1.32. The number of allylic oxidation sites excluding steroid dienone is 1. The van der Waals surface area contributed by atoms with Crippen molar-refractivity contribution in [2.24, 2.45) is 0 Å². The van der Waals surface area contributed by atoms with Gasteiger partial charge in [-0.1, -0.05) is 34.8 Å². The number of hydrogen-bond acceptors (Lipinski definition) is 1. The molecule has 0 aliphatic carbocycles. The van der Waals surface area contributed by atoms with E-state index in [0.717, 1.165) is 13.1 Å². The summed E-state index contributed by atoms with van der Waals surface area (Å²) in [7, 11) is 0. The van der Waals surface area contributed by atoms with E-state index in [1.807, 2.05) is 4.90 Å². The smallest absolute Gasteiger partial charge is 0.133 e. The minimum absolute atomic E-state index is 0.0335. The highest BCUT2D eigenvalue weighted by molar-refractivity contribution is 6.59. The van der Waals surface area contributed by atoms with Crippen LogP contribution in [-0.2, 0) is 0 Å². The van der Waals surface area contributed by atoms with Gasteiger partial charge in [0.25, 0.3) is 0 Å². The van der Waals surface area contributed by atoms with E-state index in [-0.39, 0.29) is 9.52 Å². The number of nitrogens with zero attached hydrogens (tertiary/aromatic N) is 1. The third-order valence-corrected chi connectivity index (χ3v) is 2.70. The summed E-state index contributed by atoms with van der Waals surface area (Å²) in [5.74, 6) is 2.71. The second-order valence-electron chi connectivity index (χ2n) is 2.86. The number of rotatable bonds is 0. The zero-order valence-corrected chi connectivity index (χ0v) is 9.38. The molecule has 0 saturated carbocycles. The summed E-state index contributed by atoms with van der Waals surface area (Å²) in [5, 5.41) is 0.217. The molecule has 1 aliphatic heterocycles. The molecule has 4 heteroatoms. The molecule has 0 aromatic rings. The zero-order valence-electron chi connectivity index (χ0n) is 7.12. The van der Waals surface area contributed by atoms with Crippen LogP contribution in [0.1, 0.15) is 19.3 Å². The Labute approximate surface area is 93.6 Å². The molecule has 1 fully saturated rings. The van der Waals surface area contributed by atoms with Crippen LogP contribution in [0.3, 0.4) is 0 Å². The van der Waals surface area contributed by atoms with Crippen molar-refractivity contribution >= 4 is 34.8 Å². The van der Waals surface area contributed by atoms with E-state index in [1.165, 1.54) is 19.3 Å². The van der Waals surface area contributed by atoms with Crippen LogP contribution >= 0.6 is 34.8 Å². The molecule has 0 unspecified atom stereocenters. The monoisotopic (exact) mass is 237 g/mol. The van der Waals surface area contributed by atoms with Gasteiger partial charge in [0.1, 0.15) is 9.52 Å². The van der Waals surface area contributed by atoms with Crippen molar-refractivity contribution in [2.45, 2.75) is 19.3 Å². The fraction of sp³-hybridized carbons (Fsp3) is 0.556. The Morgan fingerprint density at radius 2 is 1.62 bits per heavy atom. The number of hydrogen-bond donors (Lipinski definition) is 0. The summed E-state index contributed by atoms with van der Waals surface area (Å²) < 4.78 is 0.0335. The lowest BCUT2D eigenvalue weighted by Gasteiger charge is -2.21. The molecule has 0 N–H and O–H groups in total. The Balaban J connectivity index is 2.50. The van der Waals surface area contributed by atoms with Crippen molar-refractivity contribution in [3.05, 3.63) is 9.52 Å². The first-order chi connectivity index (χ1) is 6.20. The lowest BCUT2D eigenvalue weighted by Crippen LogP contribution is -2.24. The molecule has 13 heavy (non-hydrogen) atoms. The van der Waals surface area contributed by atoms with Crippen LogP contribution in [0.4, 0.5) is 0 Å². The maximum Gasteiger partial charge on any atom is 0.133 e. The van der Waals surface area contributed by atoms with Crippen LogP contribution in [-0.4, -0.2) is 18.0 Å². The van der Waals surface area contributed by atoms with Gasteiger partial charge in [0.15, 0.2) is 0 Å². The van der Waals surface area contributed by atoms with Gasteiger partial charge in [-0.25, -0.2) is 0 Å². The topological polar surface area (TPSA) is 3.24 Å². The standard InChI is InChI=1S/C9H10Cl3N/c10-8(9(11)12)4-7-13-5-2-1-3-6-13/h1-3,5-6H2. The molecule has 0 aromatic heterocycles. The van der Waals surface area contributed by atoms with Gasteiger partial charge in [0, 0.05) is 19.1 Å². The number of piperidine rings is 1. The first-order valence-electron chi connectivity index (χ1n) is 4.17. The molecule has 1 heterocycles. The molecule has 1 saturated heterocycles. The summed E-state index contributed by atoms with van der Waals surface area (Å²) in [6.07, 6.45) is 3.69. The predicted molar refractivity (Wildman–Crippen MR) is 57.8 cm³/mol. The Kier molecular flexibility index (Phi) is 4.80. The van der Waals surface area contributed by atoms with Crippen LogP contribution in [0.2, 0.25) is 0 Å². The molecule has 1 nitrogen and oxygen atoms in total. The molecule has 1 rings (SSSR count). The van der Waals surface area contributed by atoms with Crippen LogP contribution in [0.15, 0.2) is 9.52 Å². The maximum absolute atomic E-state index is 5.65. The van der Waals surface area contributed by atoms with Crippen LogP contribution in [0.25, 0.3) is 0 Å². The Bertz CT molecular complexity index is 252. The van der Waals surface area contributed by atoms with E-state index < -0.39 is 0 Å². The van der Waals surface area contributed by atoms with Gasteiger partial charge < -0.3 is 4.90 Å². The molecule has 0 amide bonds. The van der Waals surface area contributed by atoms with Crippen LogP contribution in [0.5, 0.6) is 0 Å². The molecule has 0 radical (unpaired) electrons. The van der Waals surface area contributed by atoms with E-state index >= 15 is 0 Å². The quantitative estimate of drug-likeness (QED) is 0.585. The van der Waals surface area contributed by atoms with Gasteiger partial charge >= 0.3 is 0 Å². The highest BCUT2D eigenvalue weighted by atomic mass is 35.5. The molecular formula is C9H10Cl3N. The maximum atomic E-state index is 5.65. The van der Waals surface area contributed by atoms with Gasteiger partial charge in [-0.2, -0.15) is 0 Å². The lowest BCUT2D eigenvalue weighted by molar-refractivity contribution is 0.326.